The third kappa shape index (κ3) is 14.4. The molecule has 13 nitrogen and oxygen atoms in total. The van der Waals surface area contributed by atoms with Gasteiger partial charge in [-0.2, -0.15) is 0 Å². The van der Waals surface area contributed by atoms with Crippen LogP contribution in [0.2, 0.25) is 0 Å². The lowest BCUT2D eigenvalue weighted by Crippen LogP contribution is -2.44. The van der Waals surface area contributed by atoms with Gasteiger partial charge in [-0.1, -0.05) is 0 Å². The molecule has 0 heterocycles. The Hall–Kier alpha value is -2.77. The fourth-order valence-electron chi connectivity index (χ4n) is 2.35. The van der Waals surface area contributed by atoms with E-state index < -0.39 is 56.0 Å². The molecule has 0 saturated carbocycles. The highest BCUT2D eigenvalue weighted by Gasteiger charge is 2.18. The Bertz CT molecular complexity index is 496. The van der Waals surface area contributed by atoms with Crippen LogP contribution in [0, 0.1) is 0 Å². The van der Waals surface area contributed by atoms with Crippen LogP contribution in [0.1, 0.15) is 6.42 Å². The fourth-order valence-corrected chi connectivity index (χ4v) is 2.35. The van der Waals surface area contributed by atoms with E-state index in [-0.39, 0.29) is 39.1 Å². The van der Waals surface area contributed by atoms with Crippen LogP contribution in [-0.4, -0.2) is 129 Å². The fraction of sp³-hybridized carbons (Fsp3) is 0.667. The molecule has 160 valence electrons. The molecule has 0 aliphatic carbocycles. The number of hydrogen-bond donors (Lipinski definition) is 5. The molecule has 0 aliphatic rings. The minimum Gasteiger partial charge on any atom is -0.481 e. The van der Waals surface area contributed by atoms with Crippen molar-refractivity contribution in [3.05, 3.63) is 0 Å². The van der Waals surface area contributed by atoms with Crippen molar-refractivity contribution in [3.63, 3.8) is 0 Å². The molecule has 28 heavy (non-hydrogen) atoms. The van der Waals surface area contributed by atoms with E-state index in [0.717, 1.165) is 9.80 Å². The van der Waals surface area contributed by atoms with Gasteiger partial charge in [0.1, 0.15) is 0 Å². The van der Waals surface area contributed by atoms with Crippen LogP contribution in [0.5, 0.6) is 0 Å². The maximum absolute atomic E-state index is 10.8. The summed E-state index contributed by atoms with van der Waals surface area (Å²) in [7, 11) is 0. The van der Waals surface area contributed by atoms with Gasteiger partial charge in [-0.25, -0.2) is 0 Å². The molecule has 0 spiro atoms. The molecule has 0 rings (SSSR count). The average Bonchev–Trinajstić information content (AvgIpc) is 2.51. The maximum Gasteiger partial charge on any atom is 0.317 e. The Morgan fingerprint density at radius 2 is 0.714 bits per heavy atom. The molecule has 0 saturated heterocycles. The molecule has 0 aromatic heterocycles. The average molecular weight is 407 g/mol. The van der Waals surface area contributed by atoms with Crippen molar-refractivity contribution in [2.24, 2.45) is 0 Å². The molecule has 0 fully saturated rings. The molecule has 0 aromatic rings. The number of carboxylic acids is 5. The number of hydrogen-bond acceptors (Lipinski definition) is 8. The van der Waals surface area contributed by atoms with E-state index in [1.807, 2.05) is 0 Å². The summed E-state index contributed by atoms with van der Waals surface area (Å²) >= 11 is 0. The summed E-state index contributed by atoms with van der Waals surface area (Å²) in [5.41, 5.74) is 0. The topological polar surface area (TPSA) is 196 Å². The number of carbonyl (C=O) groups is 5. The van der Waals surface area contributed by atoms with Crippen LogP contribution in [-0.2, 0) is 24.0 Å². The number of rotatable bonds is 17. The predicted molar refractivity (Wildman–Crippen MR) is 92.1 cm³/mol. The minimum atomic E-state index is -1.22. The molecule has 0 aliphatic heterocycles. The van der Waals surface area contributed by atoms with Gasteiger partial charge in [0.25, 0.3) is 0 Å². The molecule has 0 aromatic carbocycles. The summed E-state index contributed by atoms with van der Waals surface area (Å²) < 4.78 is 0. The molecule has 0 radical (unpaired) electrons. The van der Waals surface area contributed by atoms with Crippen LogP contribution >= 0.6 is 0 Å². The smallest absolute Gasteiger partial charge is 0.317 e. The van der Waals surface area contributed by atoms with Gasteiger partial charge >= 0.3 is 29.8 Å². The lowest BCUT2D eigenvalue weighted by Gasteiger charge is -2.28. The van der Waals surface area contributed by atoms with Crippen molar-refractivity contribution in [2.45, 2.75) is 6.42 Å². The zero-order valence-electron chi connectivity index (χ0n) is 15.2. The molecule has 0 amide bonds. The summed E-state index contributed by atoms with van der Waals surface area (Å²) in [4.78, 5) is 58.0. The van der Waals surface area contributed by atoms with Crippen LogP contribution in [0.25, 0.3) is 0 Å². The Balaban J connectivity index is 4.90. The zero-order chi connectivity index (χ0) is 21.7. The predicted octanol–water partition coefficient (Wildman–Crippen LogP) is -2.29. The summed E-state index contributed by atoms with van der Waals surface area (Å²) in [6.45, 7) is -1.69. The van der Waals surface area contributed by atoms with Crippen molar-refractivity contribution < 1.29 is 49.5 Å². The number of nitrogens with zero attached hydrogens (tertiary/aromatic N) is 3. The Kier molecular flexibility index (Phi) is 12.1. The molecular weight excluding hydrogens is 382 g/mol. The van der Waals surface area contributed by atoms with E-state index in [9.17, 15) is 24.0 Å². The SMILES string of the molecule is O=C(O)CCN(CCN(CC(=O)O)CC(=O)O)CCN(CC(=O)O)CC(=O)O. The summed E-state index contributed by atoms with van der Waals surface area (Å²) in [6, 6.07) is 0. The van der Waals surface area contributed by atoms with Gasteiger partial charge in [-0.05, 0) is 0 Å². The minimum absolute atomic E-state index is 0.0239. The van der Waals surface area contributed by atoms with E-state index in [1.165, 1.54) is 0 Å². The quantitative estimate of drug-likeness (QED) is 0.173. The highest BCUT2D eigenvalue weighted by atomic mass is 16.4. The largest absolute Gasteiger partial charge is 0.481 e. The molecule has 0 unspecified atom stereocenters. The molecule has 5 N–H and O–H groups in total. The third-order valence-corrected chi connectivity index (χ3v) is 3.54. The molecular formula is C15H25N3O10. The second-order valence-corrected chi connectivity index (χ2v) is 5.98. The summed E-state index contributed by atoms with van der Waals surface area (Å²) in [5.74, 6) is -5.94. The molecule has 0 atom stereocenters. The standard InChI is InChI=1S/C15H25N3O10/c19-11(20)1-2-16(3-5-17(7-12(21)22)8-13(23)24)4-6-18(9-14(25)26)10-15(27)28/h1-10H2,(H,19,20)(H,21,22)(H,23,24)(H,25,26)(H,27,28). The first-order valence-corrected chi connectivity index (χ1v) is 8.25. The van der Waals surface area contributed by atoms with E-state index in [2.05, 4.69) is 0 Å². The first-order chi connectivity index (χ1) is 13.0. The second kappa shape index (κ2) is 13.4. The summed E-state index contributed by atoms with van der Waals surface area (Å²) in [6.07, 6.45) is -0.240. The van der Waals surface area contributed by atoms with Gasteiger partial charge < -0.3 is 30.4 Å². The monoisotopic (exact) mass is 407 g/mol. The lowest BCUT2D eigenvalue weighted by atomic mass is 10.3. The van der Waals surface area contributed by atoms with Crippen molar-refractivity contribution in [1.29, 1.82) is 0 Å². The van der Waals surface area contributed by atoms with Gasteiger partial charge in [0, 0.05) is 32.7 Å². The zero-order valence-corrected chi connectivity index (χ0v) is 15.2. The van der Waals surface area contributed by atoms with Crippen LogP contribution < -0.4 is 0 Å². The molecule has 13 heteroatoms. The first kappa shape index (κ1) is 25.2. The van der Waals surface area contributed by atoms with Crippen LogP contribution in [0.3, 0.4) is 0 Å². The van der Waals surface area contributed by atoms with Crippen LogP contribution in [0.4, 0.5) is 0 Å². The van der Waals surface area contributed by atoms with Crippen molar-refractivity contribution >= 4 is 29.8 Å². The second-order valence-electron chi connectivity index (χ2n) is 5.98. The van der Waals surface area contributed by atoms with Crippen LogP contribution in [0.15, 0.2) is 0 Å². The van der Waals surface area contributed by atoms with E-state index >= 15 is 0 Å². The van der Waals surface area contributed by atoms with Gasteiger partial charge in [-0.15, -0.1) is 0 Å². The maximum atomic E-state index is 10.8. The Labute approximate surface area is 160 Å². The third-order valence-electron chi connectivity index (χ3n) is 3.54. The van der Waals surface area contributed by atoms with Gasteiger partial charge in [-0.3, -0.25) is 33.8 Å². The highest BCUT2D eigenvalue weighted by Crippen LogP contribution is 1.98. The highest BCUT2D eigenvalue weighted by molar-refractivity contribution is 5.73. The van der Waals surface area contributed by atoms with Gasteiger partial charge in [0.05, 0.1) is 32.6 Å². The van der Waals surface area contributed by atoms with Gasteiger partial charge in [0.15, 0.2) is 0 Å². The van der Waals surface area contributed by atoms with Crippen molar-refractivity contribution in [2.75, 3.05) is 58.9 Å². The normalized spacial score (nSPS) is 11.1. The summed E-state index contributed by atoms with van der Waals surface area (Å²) in [5, 5.41) is 44.2. The van der Waals surface area contributed by atoms with Crippen molar-refractivity contribution in [3.8, 4) is 0 Å². The Morgan fingerprint density at radius 1 is 0.429 bits per heavy atom. The number of aliphatic carboxylic acids is 5. The lowest BCUT2D eigenvalue weighted by molar-refractivity contribution is -0.143. The first-order valence-electron chi connectivity index (χ1n) is 8.25. The van der Waals surface area contributed by atoms with Gasteiger partial charge in [0.2, 0.25) is 0 Å². The van der Waals surface area contributed by atoms with E-state index in [4.69, 9.17) is 25.5 Å². The number of carboxylic acid groups (broad SMARTS) is 5. The van der Waals surface area contributed by atoms with E-state index in [0.29, 0.717) is 0 Å². The van der Waals surface area contributed by atoms with Crippen molar-refractivity contribution in [1.82, 2.24) is 14.7 Å². The molecule has 0 bridgehead atoms. The van der Waals surface area contributed by atoms with E-state index in [1.54, 1.807) is 4.90 Å². The Morgan fingerprint density at radius 3 is 0.964 bits per heavy atom.